The Hall–Kier alpha value is -2.81. The van der Waals surface area contributed by atoms with E-state index in [9.17, 15) is 4.79 Å². The minimum absolute atomic E-state index is 0.0506. The lowest BCUT2D eigenvalue weighted by Gasteiger charge is -2.08. The van der Waals surface area contributed by atoms with E-state index in [1.165, 1.54) is 6.20 Å². The van der Waals surface area contributed by atoms with Crippen LogP contribution < -0.4 is 5.32 Å². The van der Waals surface area contributed by atoms with Gasteiger partial charge in [0.25, 0.3) is 5.91 Å². The monoisotopic (exact) mass is 265 g/mol. The minimum Gasteiger partial charge on any atom is -0.331 e. The number of pyridine rings is 1. The second kappa shape index (κ2) is 4.70. The fourth-order valence-electron chi connectivity index (χ4n) is 1.79. The zero-order valence-corrected chi connectivity index (χ0v) is 10.6. The highest BCUT2D eigenvalue weighted by Crippen LogP contribution is 2.34. The third-order valence-corrected chi connectivity index (χ3v) is 3.10. The third-order valence-electron chi connectivity index (χ3n) is 3.10. The fourth-order valence-corrected chi connectivity index (χ4v) is 1.79. The van der Waals surface area contributed by atoms with E-state index in [1.807, 2.05) is 18.2 Å². The number of nitrogens with zero attached hydrogens (tertiary/aromatic N) is 4. The first-order chi connectivity index (χ1) is 9.72. The van der Waals surface area contributed by atoms with Crippen molar-refractivity contribution >= 4 is 5.91 Å². The SMILES string of the molecule is N#CC1(NC(=O)c2nccc(-c3ccccn3)n2)CC1. The number of carbonyl (C=O) groups excluding carboxylic acids is 1. The minimum atomic E-state index is -0.721. The van der Waals surface area contributed by atoms with E-state index in [-0.39, 0.29) is 5.82 Å². The van der Waals surface area contributed by atoms with Crippen molar-refractivity contribution in [1.29, 1.82) is 5.26 Å². The zero-order chi connectivity index (χ0) is 14.0. The third kappa shape index (κ3) is 2.34. The number of amides is 1. The quantitative estimate of drug-likeness (QED) is 0.903. The summed E-state index contributed by atoms with van der Waals surface area (Å²) in [6.07, 6.45) is 4.52. The van der Waals surface area contributed by atoms with E-state index in [0.717, 1.165) is 0 Å². The molecule has 0 aliphatic heterocycles. The van der Waals surface area contributed by atoms with Crippen molar-refractivity contribution in [2.75, 3.05) is 0 Å². The lowest BCUT2D eigenvalue weighted by atomic mass is 10.2. The second-order valence-electron chi connectivity index (χ2n) is 4.63. The highest BCUT2D eigenvalue weighted by Gasteiger charge is 2.45. The molecule has 2 heterocycles. The van der Waals surface area contributed by atoms with E-state index < -0.39 is 11.4 Å². The number of nitrogens with one attached hydrogen (secondary N) is 1. The summed E-state index contributed by atoms with van der Waals surface area (Å²) in [7, 11) is 0. The van der Waals surface area contributed by atoms with Crippen molar-refractivity contribution in [3.63, 3.8) is 0 Å². The first-order valence-corrected chi connectivity index (χ1v) is 6.21. The smallest absolute Gasteiger partial charge is 0.290 e. The van der Waals surface area contributed by atoms with Crippen LogP contribution in [0.5, 0.6) is 0 Å². The summed E-state index contributed by atoms with van der Waals surface area (Å²) in [6.45, 7) is 0. The molecule has 0 saturated heterocycles. The van der Waals surface area contributed by atoms with Crippen molar-refractivity contribution in [3.05, 3.63) is 42.5 Å². The number of hydrogen-bond donors (Lipinski definition) is 1. The lowest BCUT2D eigenvalue weighted by molar-refractivity contribution is 0.0931. The highest BCUT2D eigenvalue weighted by molar-refractivity contribution is 5.92. The van der Waals surface area contributed by atoms with Crippen molar-refractivity contribution in [1.82, 2.24) is 20.3 Å². The van der Waals surface area contributed by atoms with Gasteiger partial charge in [0.05, 0.1) is 17.5 Å². The Morgan fingerprint density at radius 3 is 2.70 bits per heavy atom. The summed E-state index contributed by atoms with van der Waals surface area (Å²) in [4.78, 5) is 24.4. The van der Waals surface area contributed by atoms with E-state index in [1.54, 1.807) is 12.3 Å². The molecule has 6 heteroatoms. The fraction of sp³-hybridized carbons (Fsp3) is 0.214. The average Bonchev–Trinajstić information content (AvgIpc) is 3.28. The maximum absolute atomic E-state index is 12.0. The Labute approximate surface area is 115 Å². The maximum Gasteiger partial charge on any atom is 0.290 e. The molecule has 20 heavy (non-hydrogen) atoms. The molecular formula is C14H11N5O. The largest absolute Gasteiger partial charge is 0.331 e. The highest BCUT2D eigenvalue weighted by atomic mass is 16.2. The van der Waals surface area contributed by atoms with E-state index in [4.69, 9.17) is 5.26 Å². The van der Waals surface area contributed by atoms with Gasteiger partial charge >= 0.3 is 0 Å². The van der Waals surface area contributed by atoms with Gasteiger partial charge in [-0.1, -0.05) is 6.07 Å². The van der Waals surface area contributed by atoms with E-state index >= 15 is 0 Å². The van der Waals surface area contributed by atoms with Crippen molar-refractivity contribution in [2.24, 2.45) is 0 Å². The number of nitriles is 1. The summed E-state index contributed by atoms with van der Waals surface area (Å²) < 4.78 is 0. The molecule has 1 saturated carbocycles. The van der Waals surface area contributed by atoms with Crippen LogP contribution in [0.4, 0.5) is 0 Å². The van der Waals surface area contributed by atoms with Crippen molar-refractivity contribution in [2.45, 2.75) is 18.4 Å². The summed E-state index contributed by atoms with van der Waals surface area (Å²) in [5, 5.41) is 11.6. The molecule has 0 unspecified atom stereocenters. The molecule has 3 rings (SSSR count). The van der Waals surface area contributed by atoms with Crippen molar-refractivity contribution in [3.8, 4) is 17.5 Å². The molecule has 0 radical (unpaired) electrons. The predicted octanol–water partition coefficient (Wildman–Crippen LogP) is 1.32. The molecule has 1 aliphatic rings. The van der Waals surface area contributed by atoms with Crippen LogP contribution in [-0.4, -0.2) is 26.4 Å². The topological polar surface area (TPSA) is 91.6 Å². The molecule has 1 amide bonds. The summed E-state index contributed by atoms with van der Waals surface area (Å²) in [5.41, 5.74) is 0.527. The van der Waals surface area contributed by atoms with Crippen LogP contribution in [0, 0.1) is 11.3 Å². The zero-order valence-electron chi connectivity index (χ0n) is 10.6. The van der Waals surface area contributed by atoms with Gasteiger partial charge in [0.15, 0.2) is 0 Å². The maximum atomic E-state index is 12.0. The second-order valence-corrected chi connectivity index (χ2v) is 4.63. The Kier molecular flexibility index (Phi) is 2.88. The molecule has 0 bridgehead atoms. The number of hydrogen-bond acceptors (Lipinski definition) is 5. The summed E-state index contributed by atoms with van der Waals surface area (Å²) in [6, 6.07) is 9.25. The number of rotatable bonds is 3. The standard InChI is InChI=1S/C14H11N5O/c15-9-14(5-6-14)19-13(20)12-17-8-4-11(18-12)10-3-1-2-7-16-10/h1-4,7-8H,5-6H2,(H,19,20). The molecule has 0 atom stereocenters. The summed E-state index contributed by atoms with van der Waals surface area (Å²) >= 11 is 0. The first-order valence-electron chi connectivity index (χ1n) is 6.21. The van der Waals surface area contributed by atoms with Gasteiger partial charge in [0.1, 0.15) is 5.54 Å². The van der Waals surface area contributed by atoms with Gasteiger partial charge in [-0.3, -0.25) is 9.78 Å². The van der Waals surface area contributed by atoms with Crippen LogP contribution in [0.1, 0.15) is 23.5 Å². The molecule has 98 valence electrons. The molecule has 2 aromatic rings. The van der Waals surface area contributed by atoms with Crippen molar-refractivity contribution < 1.29 is 4.79 Å². The van der Waals surface area contributed by atoms with Gasteiger partial charge in [-0.25, -0.2) is 9.97 Å². The van der Waals surface area contributed by atoms with Gasteiger partial charge in [-0.2, -0.15) is 5.26 Å². The molecule has 2 aromatic heterocycles. The Bertz CT molecular complexity index is 688. The average molecular weight is 265 g/mol. The normalized spacial score (nSPS) is 15.2. The van der Waals surface area contributed by atoms with Crippen LogP contribution in [0.25, 0.3) is 11.4 Å². The van der Waals surface area contributed by atoms with Crippen LogP contribution >= 0.6 is 0 Å². The van der Waals surface area contributed by atoms with Gasteiger partial charge in [0.2, 0.25) is 5.82 Å². The molecule has 0 aromatic carbocycles. The Balaban J connectivity index is 1.85. The van der Waals surface area contributed by atoms with Gasteiger partial charge in [0, 0.05) is 12.4 Å². The van der Waals surface area contributed by atoms with Gasteiger partial charge < -0.3 is 5.32 Å². The van der Waals surface area contributed by atoms with E-state index in [0.29, 0.717) is 24.2 Å². The molecule has 1 fully saturated rings. The summed E-state index contributed by atoms with van der Waals surface area (Å²) in [5.74, 6) is -0.378. The molecule has 6 nitrogen and oxygen atoms in total. The van der Waals surface area contributed by atoms with Crippen LogP contribution in [0.2, 0.25) is 0 Å². The van der Waals surface area contributed by atoms with Crippen LogP contribution in [-0.2, 0) is 0 Å². The first kappa shape index (κ1) is 12.2. The Morgan fingerprint density at radius 2 is 2.05 bits per heavy atom. The Morgan fingerprint density at radius 1 is 1.20 bits per heavy atom. The van der Waals surface area contributed by atoms with Crippen LogP contribution in [0.3, 0.4) is 0 Å². The predicted molar refractivity (Wildman–Crippen MR) is 70.3 cm³/mol. The molecular weight excluding hydrogens is 254 g/mol. The molecule has 0 spiro atoms. The van der Waals surface area contributed by atoms with Gasteiger partial charge in [-0.05, 0) is 31.0 Å². The molecule has 1 N–H and O–H groups in total. The lowest BCUT2D eigenvalue weighted by Crippen LogP contribution is -2.36. The molecule has 1 aliphatic carbocycles. The number of carbonyl (C=O) groups is 1. The van der Waals surface area contributed by atoms with Crippen LogP contribution in [0.15, 0.2) is 36.7 Å². The van der Waals surface area contributed by atoms with Gasteiger partial charge in [-0.15, -0.1) is 0 Å². The van der Waals surface area contributed by atoms with E-state index in [2.05, 4.69) is 26.3 Å². The number of aromatic nitrogens is 3.